The summed E-state index contributed by atoms with van der Waals surface area (Å²) in [5.74, 6) is -1.42. The van der Waals surface area contributed by atoms with Crippen LogP contribution in [-0.4, -0.2) is 47.2 Å². The van der Waals surface area contributed by atoms with E-state index in [1.54, 1.807) is 0 Å². The van der Waals surface area contributed by atoms with Crippen LogP contribution in [0.25, 0.3) is 11.3 Å². The Morgan fingerprint density at radius 1 is 1.24 bits per heavy atom. The quantitative estimate of drug-likeness (QED) is 0.664. The molecular weight excluding hydrogens is 378 g/mol. The Morgan fingerprint density at radius 3 is 2.79 bits per heavy atom. The molecule has 0 radical (unpaired) electrons. The number of H-pyrrole nitrogens is 1. The topological polar surface area (TPSA) is 70.2 Å². The number of aromatic amines is 1. The van der Waals surface area contributed by atoms with Crippen molar-refractivity contribution in [3.63, 3.8) is 0 Å². The zero-order valence-electron chi connectivity index (χ0n) is 16.3. The molecule has 1 aliphatic carbocycles. The van der Waals surface area contributed by atoms with Crippen molar-refractivity contribution in [1.29, 1.82) is 0 Å². The first-order chi connectivity index (χ1) is 14.1. The highest BCUT2D eigenvalue weighted by molar-refractivity contribution is 5.90. The van der Waals surface area contributed by atoms with E-state index in [1.807, 2.05) is 0 Å². The molecule has 1 aromatic heterocycles. The van der Waals surface area contributed by atoms with Gasteiger partial charge in [0.2, 0.25) is 11.7 Å². The number of hydrogen-bond acceptors (Lipinski definition) is 4. The van der Waals surface area contributed by atoms with Gasteiger partial charge in [-0.05, 0) is 69.8 Å². The number of ether oxygens (including phenoxy) is 1. The summed E-state index contributed by atoms with van der Waals surface area (Å²) in [5.41, 5.74) is 0.245. The van der Waals surface area contributed by atoms with Gasteiger partial charge < -0.3 is 15.0 Å². The van der Waals surface area contributed by atoms with Gasteiger partial charge in [0.25, 0.3) is 0 Å². The van der Waals surface area contributed by atoms with Crippen LogP contribution in [0.3, 0.4) is 0 Å². The minimum atomic E-state index is -1.02. The first-order valence-electron chi connectivity index (χ1n) is 10.3. The molecule has 156 valence electrons. The number of carbonyl (C=O) groups excluding carboxylic acids is 1. The highest BCUT2D eigenvalue weighted by atomic mass is 19.2. The maximum Gasteiger partial charge on any atom is 0.225 e. The molecule has 6 nitrogen and oxygen atoms in total. The maximum atomic E-state index is 14.5. The van der Waals surface area contributed by atoms with Gasteiger partial charge in [0, 0.05) is 18.1 Å². The zero-order valence-corrected chi connectivity index (χ0v) is 16.3. The number of likely N-dealkylation sites (tertiary alicyclic amines) is 1. The predicted octanol–water partition coefficient (Wildman–Crippen LogP) is 3.96. The minimum Gasteiger partial charge on any atom is -0.490 e. The summed E-state index contributed by atoms with van der Waals surface area (Å²) in [6.07, 6.45) is 5.79. The fourth-order valence-electron chi connectivity index (χ4n) is 3.54. The Morgan fingerprint density at radius 2 is 2.03 bits per heavy atom. The number of hydrogen-bond donors (Lipinski definition) is 2. The predicted molar refractivity (Wildman–Crippen MR) is 106 cm³/mol. The van der Waals surface area contributed by atoms with E-state index in [2.05, 4.69) is 20.4 Å². The third-order valence-corrected chi connectivity index (χ3v) is 5.42. The summed E-state index contributed by atoms with van der Waals surface area (Å²) < 4.78 is 34.1. The lowest BCUT2D eigenvalue weighted by atomic mass is 10.1. The second-order valence-electron chi connectivity index (χ2n) is 7.86. The average Bonchev–Trinajstić information content (AvgIpc) is 3.17. The molecule has 1 saturated carbocycles. The second-order valence-corrected chi connectivity index (χ2v) is 7.86. The molecule has 0 atom stereocenters. The largest absolute Gasteiger partial charge is 0.490 e. The normalized spacial score (nSPS) is 16.9. The summed E-state index contributed by atoms with van der Waals surface area (Å²) in [7, 11) is 0. The zero-order chi connectivity index (χ0) is 20.2. The van der Waals surface area contributed by atoms with Gasteiger partial charge in [0.15, 0.2) is 11.6 Å². The van der Waals surface area contributed by atoms with Gasteiger partial charge in [-0.15, -0.1) is 0 Å². The first kappa shape index (κ1) is 19.8. The van der Waals surface area contributed by atoms with Crippen molar-refractivity contribution in [3.05, 3.63) is 29.8 Å². The Hall–Kier alpha value is -2.48. The number of halogens is 2. The lowest BCUT2D eigenvalue weighted by Gasteiger charge is -2.13. The molecule has 0 unspecified atom stereocenters. The van der Waals surface area contributed by atoms with E-state index in [4.69, 9.17) is 4.74 Å². The number of rotatable bonds is 9. The van der Waals surface area contributed by atoms with E-state index in [1.165, 1.54) is 31.0 Å². The highest BCUT2D eigenvalue weighted by Gasteiger charge is 2.24. The van der Waals surface area contributed by atoms with Crippen LogP contribution in [-0.2, 0) is 4.79 Å². The first-order valence-corrected chi connectivity index (χ1v) is 10.3. The molecule has 1 amide bonds. The van der Waals surface area contributed by atoms with Gasteiger partial charge in [-0.25, -0.2) is 4.39 Å². The third kappa shape index (κ3) is 5.12. The monoisotopic (exact) mass is 404 g/mol. The van der Waals surface area contributed by atoms with Crippen molar-refractivity contribution in [3.8, 4) is 17.0 Å². The molecule has 29 heavy (non-hydrogen) atoms. The van der Waals surface area contributed by atoms with Crippen molar-refractivity contribution in [2.45, 2.75) is 38.5 Å². The van der Waals surface area contributed by atoms with Gasteiger partial charge in [-0.3, -0.25) is 9.89 Å². The molecule has 1 saturated heterocycles. The van der Waals surface area contributed by atoms with E-state index >= 15 is 0 Å². The van der Waals surface area contributed by atoms with Gasteiger partial charge in [-0.1, -0.05) is 0 Å². The SMILES string of the molecule is O=C(CCCN1CCCC1)Nc1cc(-c2ccc(OCC3CC3)c(F)c2F)n[nH]1. The van der Waals surface area contributed by atoms with Crippen LogP contribution in [0.2, 0.25) is 0 Å². The van der Waals surface area contributed by atoms with E-state index in [-0.39, 0.29) is 22.9 Å². The van der Waals surface area contributed by atoms with Crippen molar-refractivity contribution >= 4 is 11.7 Å². The summed E-state index contributed by atoms with van der Waals surface area (Å²) >= 11 is 0. The number of aromatic nitrogens is 2. The molecule has 0 spiro atoms. The fraction of sp³-hybridized carbons (Fsp3) is 0.524. The van der Waals surface area contributed by atoms with Crippen molar-refractivity contribution < 1.29 is 18.3 Å². The number of nitrogens with zero attached hydrogens (tertiary/aromatic N) is 2. The number of nitrogens with one attached hydrogen (secondary N) is 2. The third-order valence-electron chi connectivity index (χ3n) is 5.42. The van der Waals surface area contributed by atoms with E-state index < -0.39 is 11.6 Å². The van der Waals surface area contributed by atoms with Gasteiger partial charge >= 0.3 is 0 Å². The van der Waals surface area contributed by atoms with Crippen LogP contribution in [0.15, 0.2) is 18.2 Å². The average molecular weight is 404 g/mol. The molecule has 2 N–H and O–H groups in total. The molecule has 4 rings (SSSR count). The van der Waals surface area contributed by atoms with E-state index in [0.717, 1.165) is 38.9 Å². The van der Waals surface area contributed by atoms with Crippen molar-refractivity contribution in [1.82, 2.24) is 15.1 Å². The summed E-state index contributed by atoms with van der Waals surface area (Å²) in [5, 5.41) is 9.39. The molecule has 1 aliphatic heterocycles. The lowest BCUT2D eigenvalue weighted by molar-refractivity contribution is -0.116. The Kier molecular flexibility index (Phi) is 6.08. The Balaban J connectivity index is 1.32. The molecule has 8 heteroatoms. The molecule has 0 bridgehead atoms. The summed E-state index contributed by atoms with van der Waals surface area (Å²) in [6, 6.07) is 4.36. The number of anilines is 1. The van der Waals surface area contributed by atoms with Gasteiger partial charge in [0.1, 0.15) is 5.82 Å². The minimum absolute atomic E-state index is 0.0204. The Labute approximate surface area is 168 Å². The van der Waals surface area contributed by atoms with Crippen molar-refractivity contribution in [2.75, 3.05) is 31.6 Å². The molecule has 2 heterocycles. The van der Waals surface area contributed by atoms with Crippen LogP contribution in [0.1, 0.15) is 38.5 Å². The summed E-state index contributed by atoms with van der Waals surface area (Å²) in [6.45, 7) is 3.55. The molecular formula is C21H26F2N4O2. The molecule has 2 fully saturated rings. The number of carbonyl (C=O) groups is 1. The molecule has 2 aliphatic rings. The van der Waals surface area contributed by atoms with Crippen molar-refractivity contribution in [2.24, 2.45) is 5.92 Å². The lowest BCUT2D eigenvalue weighted by Crippen LogP contribution is -2.22. The van der Waals surface area contributed by atoms with Gasteiger partial charge in [0.05, 0.1) is 12.3 Å². The van der Waals surface area contributed by atoms with Gasteiger partial charge in [-0.2, -0.15) is 9.49 Å². The smallest absolute Gasteiger partial charge is 0.225 e. The fourth-order valence-corrected chi connectivity index (χ4v) is 3.54. The summed E-state index contributed by atoms with van der Waals surface area (Å²) in [4.78, 5) is 14.5. The standard InChI is InChI=1S/C21H26F2N4O2/c22-20-15(7-8-17(21(20)23)29-13-14-5-6-14)16-12-18(26-25-16)24-19(28)4-3-11-27-9-1-2-10-27/h7-8,12,14H,1-6,9-11,13H2,(H2,24,25,26,28). The molecule has 2 aromatic rings. The van der Waals surface area contributed by atoms with Crippen LogP contribution >= 0.6 is 0 Å². The van der Waals surface area contributed by atoms with Crippen LogP contribution in [0.5, 0.6) is 5.75 Å². The van der Waals surface area contributed by atoms with Crippen LogP contribution in [0, 0.1) is 17.6 Å². The van der Waals surface area contributed by atoms with E-state index in [0.29, 0.717) is 24.8 Å². The molecule has 1 aromatic carbocycles. The number of benzene rings is 1. The highest BCUT2D eigenvalue weighted by Crippen LogP contribution is 2.33. The Bertz CT molecular complexity index is 860. The number of amides is 1. The van der Waals surface area contributed by atoms with Crippen LogP contribution in [0.4, 0.5) is 14.6 Å². The van der Waals surface area contributed by atoms with Crippen LogP contribution < -0.4 is 10.1 Å². The maximum absolute atomic E-state index is 14.5. The second kappa shape index (κ2) is 8.90. The van der Waals surface area contributed by atoms with E-state index in [9.17, 15) is 13.6 Å².